The van der Waals surface area contributed by atoms with Crippen LogP contribution in [-0.4, -0.2) is 56.7 Å². The second-order valence-corrected chi connectivity index (χ2v) is 8.75. The van der Waals surface area contributed by atoms with Gasteiger partial charge in [0.1, 0.15) is 5.82 Å². The zero-order valence-corrected chi connectivity index (χ0v) is 17.8. The molecule has 2 fully saturated rings. The van der Waals surface area contributed by atoms with Crippen molar-refractivity contribution in [2.75, 3.05) is 19.8 Å². The minimum atomic E-state index is -0.948. The number of pyridine rings is 1. The molecular formula is C24H23FN4O4. The van der Waals surface area contributed by atoms with E-state index in [4.69, 9.17) is 14.5 Å². The average molecular weight is 450 g/mol. The maximum absolute atomic E-state index is 13.8. The molecule has 3 aromatic heterocycles. The summed E-state index contributed by atoms with van der Waals surface area (Å²) in [5, 5.41) is 17.5. The highest BCUT2D eigenvalue weighted by atomic mass is 19.1. The molecule has 2 saturated heterocycles. The molecule has 0 radical (unpaired) electrons. The number of aromatic nitrogens is 4. The maximum Gasteiger partial charge on any atom is 0.332 e. The van der Waals surface area contributed by atoms with Crippen LogP contribution in [0.1, 0.15) is 42.4 Å². The van der Waals surface area contributed by atoms with Crippen LogP contribution in [0.4, 0.5) is 4.39 Å². The van der Waals surface area contributed by atoms with Gasteiger partial charge in [0, 0.05) is 47.4 Å². The highest BCUT2D eigenvalue weighted by Gasteiger charge is 2.38. The Morgan fingerprint density at radius 1 is 1.18 bits per heavy atom. The molecule has 0 spiro atoms. The van der Waals surface area contributed by atoms with Crippen LogP contribution in [0.5, 0.6) is 0 Å². The van der Waals surface area contributed by atoms with E-state index in [0.29, 0.717) is 31.9 Å². The number of benzene rings is 1. The van der Waals surface area contributed by atoms with Gasteiger partial charge in [-0.15, -0.1) is 0 Å². The molecule has 2 atom stereocenters. The second-order valence-electron chi connectivity index (χ2n) is 8.75. The lowest BCUT2D eigenvalue weighted by Gasteiger charge is -2.26. The maximum atomic E-state index is 13.8. The topological polar surface area (TPSA) is 102 Å². The van der Waals surface area contributed by atoms with Gasteiger partial charge in [0.2, 0.25) is 0 Å². The van der Waals surface area contributed by atoms with Crippen molar-refractivity contribution < 1.29 is 23.8 Å². The molecule has 33 heavy (non-hydrogen) atoms. The molecular weight excluding hydrogens is 427 g/mol. The number of hydrogen-bond donors (Lipinski definition) is 2. The minimum absolute atomic E-state index is 0.110. The Hall–Kier alpha value is -3.30. The molecule has 8 nitrogen and oxygen atoms in total. The minimum Gasteiger partial charge on any atom is -0.479 e. The van der Waals surface area contributed by atoms with Crippen molar-refractivity contribution in [1.29, 1.82) is 0 Å². The molecule has 170 valence electrons. The summed E-state index contributed by atoms with van der Waals surface area (Å²) in [5.41, 5.74) is 5.32. The van der Waals surface area contributed by atoms with E-state index in [-0.39, 0.29) is 17.7 Å². The van der Waals surface area contributed by atoms with Gasteiger partial charge in [-0.2, -0.15) is 5.10 Å². The van der Waals surface area contributed by atoms with Crippen molar-refractivity contribution in [3.05, 3.63) is 53.6 Å². The van der Waals surface area contributed by atoms with Crippen LogP contribution in [-0.2, 0) is 14.3 Å². The van der Waals surface area contributed by atoms with E-state index < -0.39 is 12.1 Å². The molecule has 0 aliphatic carbocycles. The molecule has 0 bridgehead atoms. The van der Waals surface area contributed by atoms with Crippen LogP contribution >= 0.6 is 0 Å². The number of carbonyl (C=O) groups is 1. The molecule has 2 aliphatic heterocycles. The lowest BCUT2D eigenvalue weighted by atomic mass is 9.87. The van der Waals surface area contributed by atoms with E-state index in [1.165, 1.54) is 12.1 Å². The third-order valence-electron chi connectivity index (χ3n) is 6.79. The molecule has 2 aliphatic rings. The van der Waals surface area contributed by atoms with Gasteiger partial charge in [0.25, 0.3) is 0 Å². The Morgan fingerprint density at radius 2 is 1.97 bits per heavy atom. The zero-order chi connectivity index (χ0) is 22.5. The number of hydrogen-bond acceptors (Lipinski definition) is 5. The van der Waals surface area contributed by atoms with Crippen molar-refractivity contribution in [3.63, 3.8) is 0 Å². The largest absolute Gasteiger partial charge is 0.479 e. The second kappa shape index (κ2) is 7.93. The molecule has 0 amide bonds. The summed E-state index contributed by atoms with van der Waals surface area (Å²) in [6.45, 7) is 1.64. The van der Waals surface area contributed by atoms with Gasteiger partial charge in [-0.3, -0.25) is 5.10 Å². The van der Waals surface area contributed by atoms with Crippen LogP contribution in [0.2, 0.25) is 0 Å². The molecule has 4 aromatic rings. The highest BCUT2D eigenvalue weighted by Crippen LogP contribution is 2.44. The fourth-order valence-corrected chi connectivity index (χ4v) is 5.25. The third-order valence-corrected chi connectivity index (χ3v) is 6.79. The molecule has 0 saturated carbocycles. The van der Waals surface area contributed by atoms with Crippen molar-refractivity contribution in [1.82, 2.24) is 19.7 Å². The van der Waals surface area contributed by atoms with E-state index in [1.54, 1.807) is 18.3 Å². The summed E-state index contributed by atoms with van der Waals surface area (Å²) in [5.74, 6) is -1.16. The number of H-pyrrole nitrogens is 1. The van der Waals surface area contributed by atoms with Gasteiger partial charge in [0.05, 0.1) is 23.8 Å². The van der Waals surface area contributed by atoms with Gasteiger partial charge >= 0.3 is 5.97 Å². The van der Waals surface area contributed by atoms with E-state index >= 15 is 0 Å². The van der Waals surface area contributed by atoms with Crippen molar-refractivity contribution >= 4 is 28.0 Å². The first kappa shape index (κ1) is 20.3. The quantitative estimate of drug-likeness (QED) is 0.489. The average Bonchev–Trinajstić information content (AvgIpc) is 3.55. The summed E-state index contributed by atoms with van der Waals surface area (Å²) in [6, 6.07) is 8.49. The number of carboxylic acid groups (broad SMARTS) is 1. The number of aliphatic carboxylic acids is 1. The Balaban J connectivity index is 1.65. The molecule has 1 aromatic carbocycles. The summed E-state index contributed by atoms with van der Waals surface area (Å²) in [6.07, 6.45) is 2.98. The number of carboxylic acids is 1. The highest BCUT2D eigenvalue weighted by molar-refractivity contribution is 5.94. The van der Waals surface area contributed by atoms with Crippen LogP contribution in [0.15, 0.2) is 36.5 Å². The van der Waals surface area contributed by atoms with Gasteiger partial charge in [0.15, 0.2) is 11.8 Å². The van der Waals surface area contributed by atoms with Gasteiger partial charge in [-0.25, -0.2) is 14.2 Å². The number of aromatic amines is 1. The van der Waals surface area contributed by atoms with Crippen molar-refractivity contribution in [3.8, 4) is 5.69 Å². The number of rotatable bonds is 4. The van der Waals surface area contributed by atoms with Gasteiger partial charge < -0.3 is 19.1 Å². The first-order valence-corrected chi connectivity index (χ1v) is 11.2. The van der Waals surface area contributed by atoms with Crippen molar-refractivity contribution in [2.45, 2.75) is 37.2 Å². The van der Waals surface area contributed by atoms with Crippen LogP contribution < -0.4 is 0 Å². The normalized spacial score (nSPS) is 21.8. The first-order chi connectivity index (χ1) is 16.1. The van der Waals surface area contributed by atoms with Crippen LogP contribution in [0.25, 0.3) is 27.8 Å². The Morgan fingerprint density at radius 3 is 2.70 bits per heavy atom. The SMILES string of the molecule is O=C(O)C1C[C@H](c2c(C3CCOCC3)n(-c3ccc(F)cc3)c3cc4cn[nH]c4nc23)CO1. The summed E-state index contributed by atoms with van der Waals surface area (Å²) < 4.78 is 27.2. The number of fused-ring (bicyclic) bond motifs is 2. The predicted octanol–water partition coefficient (Wildman–Crippen LogP) is 3.89. The lowest BCUT2D eigenvalue weighted by molar-refractivity contribution is -0.147. The first-order valence-electron chi connectivity index (χ1n) is 11.2. The molecule has 2 N–H and O–H groups in total. The number of nitrogens with one attached hydrogen (secondary N) is 1. The van der Waals surface area contributed by atoms with E-state index in [1.807, 2.05) is 6.07 Å². The Kier molecular flexibility index (Phi) is 4.88. The number of ether oxygens (including phenoxy) is 2. The Bertz CT molecular complexity index is 1340. The smallest absolute Gasteiger partial charge is 0.332 e. The van der Waals surface area contributed by atoms with Gasteiger partial charge in [-0.1, -0.05) is 0 Å². The summed E-state index contributed by atoms with van der Waals surface area (Å²) >= 11 is 0. The predicted molar refractivity (Wildman–Crippen MR) is 118 cm³/mol. The molecule has 9 heteroatoms. The monoisotopic (exact) mass is 450 g/mol. The van der Waals surface area contributed by atoms with E-state index in [9.17, 15) is 14.3 Å². The standard InChI is InChI=1S/C24H23FN4O4/c25-16-1-3-17(4-2-16)29-18-9-14-11-26-28-23(14)27-21(18)20(15-10-19(24(30)31)33-12-15)22(29)13-5-7-32-8-6-13/h1-4,9,11,13,15,19H,5-8,10,12H2,(H,30,31)(H,26,27,28)/t15-,19?/m0/s1. The third kappa shape index (κ3) is 3.39. The van der Waals surface area contributed by atoms with Crippen LogP contribution in [0, 0.1) is 5.82 Å². The fourth-order valence-electron chi connectivity index (χ4n) is 5.25. The summed E-state index contributed by atoms with van der Waals surface area (Å²) in [7, 11) is 0. The van der Waals surface area contributed by atoms with Crippen LogP contribution in [0.3, 0.4) is 0 Å². The summed E-state index contributed by atoms with van der Waals surface area (Å²) in [4.78, 5) is 16.5. The molecule has 1 unspecified atom stereocenters. The fraction of sp³-hybridized carbons (Fsp3) is 0.375. The van der Waals surface area contributed by atoms with E-state index in [0.717, 1.165) is 46.2 Å². The van der Waals surface area contributed by atoms with Crippen molar-refractivity contribution in [2.24, 2.45) is 0 Å². The Labute approximate surface area is 188 Å². The molecule has 5 heterocycles. The molecule has 6 rings (SSSR count). The number of nitrogens with zero attached hydrogens (tertiary/aromatic N) is 3. The van der Waals surface area contributed by atoms with Gasteiger partial charge in [-0.05, 0) is 49.6 Å². The lowest BCUT2D eigenvalue weighted by Crippen LogP contribution is -2.19. The number of halogens is 1. The zero-order valence-electron chi connectivity index (χ0n) is 17.8. The van der Waals surface area contributed by atoms with E-state index in [2.05, 4.69) is 14.8 Å².